The predicted octanol–water partition coefficient (Wildman–Crippen LogP) is 7.15. The van der Waals surface area contributed by atoms with Crippen LogP contribution in [0.1, 0.15) is 117 Å². The van der Waals surface area contributed by atoms with Gasteiger partial charge in [0.15, 0.2) is 0 Å². The van der Waals surface area contributed by atoms with Gasteiger partial charge in [-0.3, -0.25) is 4.84 Å². The van der Waals surface area contributed by atoms with Gasteiger partial charge in [0, 0.05) is 12.6 Å². The van der Waals surface area contributed by atoms with E-state index in [4.69, 9.17) is 9.57 Å². The Balaban J connectivity index is 1.80. The number of hydrogen-bond donors (Lipinski definition) is 2. The second-order valence-corrected chi connectivity index (χ2v) is 11.4. The molecule has 0 spiro atoms. The summed E-state index contributed by atoms with van der Waals surface area (Å²) in [6.45, 7) is 8.27. The Morgan fingerprint density at radius 1 is 1.03 bits per heavy atom. The molecule has 1 aliphatic rings. The third-order valence-electron chi connectivity index (χ3n) is 6.85. The van der Waals surface area contributed by atoms with Crippen molar-refractivity contribution in [2.24, 2.45) is 0 Å². The van der Waals surface area contributed by atoms with Crippen molar-refractivity contribution in [2.45, 2.75) is 141 Å². The first-order valence-electron chi connectivity index (χ1n) is 14.4. The SMILES string of the molecule is CCCCCCCCCCCCC[C@H]1C[C@H]([C@H](CO)NC(=O)OC(C)(C)C)ON1Cc1ccccc1. The van der Waals surface area contributed by atoms with Crippen molar-refractivity contribution in [3.05, 3.63) is 35.9 Å². The van der Waals surface area contributed by atoms with Crippen molar-refractivity contribution in [2.75, 3.05) is 6.61 Å². The summed E-state index contributed by atoms with van der Waals surface area (Å²) >= 11 is 0. The van der Waals surface area contributed by atoms with Crippen molar-refractivity contribution < 1.29 is 19.5 Å². The molecule has 3 atom stereocenters. The van der Waals surface area contributed by atoms with Gasteiger partial charge in [0.2, 0.25) is 0 Å². The summed E-state index contributed by atoms with van der Waals surface area (Å²) in [4.78, 5) is 18.6. The van der Waals surface area contributed by atoms with Gasteiger partial charge in [-0.25, -0.2) is 4.79 Å². The molecule has 0 bridgehead atoms. The van der Waals surface area contributed by atoms with Crippen molar-refractivity contribution in [1.29, 1.82) is 0 Å². The van der Waals surface area contributed by atoms with Crippen LogP contribution in [0.25, 0.3) is 0 Å². The minimum atomic E-state index is -0.586. The van der Waals surface area contributed by atoms with E-state index in [1.165, 1.54) is 76.2 Å². The number of rotatable bonds is 17. The van der Waals surface area contributed by atoms with E-state index in [-0.39, 0.29) is 18.8 Å². The lowest BCUT2D eigenvalue weighted by Crippen LogP contribution is -2.47. The minimum absolute atomic E-state index is 0.186. The number of amides is 1. The Labute approximate surface area is 220 Å². The van der Waals surface area contributed by atoms with E-state index in [0.29, 0.717) is 6.54 Å². The van der Waals surface area contributed by atoms with E-state index < -0.39 is 17.7 Å². The zero-order chi connectivity index (χ0) is 26.2. The van der Waals surface area contributed by atoms with Gasteiger partial charge < -0.3 is 15.2 Å². The highest BCUT2D eigenvalue weighted by atomic mass is 16.7. The van der Waals surface area contributed by atoms with Gasteiger partial charge in [0.1, 0.15) is 11.7 Å². The molecule has 1 amide bonds. The number of aliphatic hydroxyl groups is 1. The molecule has 0 radical (unpaired) electrons. The van der Waals surface area contributed by atoms with E-state index in [9.17, 15) is 9.90 Å². The summed E-state index contributed by atoms with van der Waals surface area (Å²) in [7, 11) is 0. The molecule has 1 fully saturated rings. The van der Waals surface area contributed by atoms with Gasteiger partial charge in [-0.2, -0.15) is 5.06 Å². The zero-order valence-corrected chi connectivity index (χ0v) is 23.3. The molecule has 1 saturated heterocycles. The highest BCUT2D eigenvalue weighted by Gasteiger charge is 2.38. The third kappa shape index (κ3) is 12.6. The van der Waals surface area contributed by atoms with Crippen LogP contribution in [0.3, 0.4) is 0 Å². The van der Waals surface area contributed by atoms with E-state index in [0.717, 1.165) is 12.8 Å². The monoisotopic (exact) mass is 504 g/mol. The number of carbonyl (C=O) groups excluding carboxylic acids is 1. The molecule has 2 rings (SSSR count). The van der Waals surface area contributed by atoms with Crippen LogP contribution in [0, 0.1) is 0 Å². The number of nitrogens with zero attached hydrogens (tertiary/aromatic N) is 1. The summed E-state index contributed by atoms with van der Waals surface area (Å²) in [5, 5.41) is 14.9. The molecule has 0 saturated carbocycles. The van der Waals surface area contributed by atoms with Gasteiger partial charge >= 0.3 is 6.09 Å². The van der Waals surface area contributed by atoms with Crippen LogP contribution in [0.5, 0.6) is 0 Å². The first kappa shape index (κ1) is 30.6. The number of benzene rings is 1. The van der Waals surface area contributed by atoms with Crippen LogP contribution in [0.15, 0.2) is 30.3 Å². The standard InChI is InChI=1S/C30H52N2O4/c1-5-6-7-8-9-10-11-12-13-14-18-21-26-22-28(27(24-33)31-29(34)35-30(2,3)4)36-32(26)23-25-19-16-15-17-20-25/h15-17,19-20,26-28,33H,5-14,18,21-24H2,1-4H3,(H,31,34)/t26-,27-,28+/m0/s1. The van der Waals surface area contributed by atoms with Crippen LogP contribution in [-0.2, 0) is 16.1 Å². The molecule has 0 aromatic heterocycles. The smallest absolute Gasteiger partial charge is 0.408 e. The molecule has 1 aromatic carbocycles. The average Bonchev–Trinajstić information content (AvgIpc) is 3.22. The number of aliphatic hydroxyl groups excluding tert-OH is 1. The predicted molar refractivity (Wildman–Crippen MR) is 147 cm³/mol. The fourth-order valence-corrected chi connectivity index (χ4v) is 4.88. The maximum Gasteiger partial charge on any atom is 0.408 e. The van der Waals surface area contributed by atoms with E-state index in [1.807, 2.05) is 39.0 Å². The van der Waals surface area contributed by atoms with Crippen LogP contribution in [0.2, 0.25) is 0 Å². The molecule has 2 N–H and O–H groups in total. The third-order valence-corrected chi connectivity index (χ3v) is 6.85. The molecule has 1 aromatic rings. The quantitative estimate of drug-likeness (QED) is 0.220. The molecule has 1 aliphatic heterocycles. The highest BCUT2D eigenvalue weighted by molar-refractivity contribution is 5.68. The number of alkyl carbamates (subject to hydrolysis) is 1. The first-order chi connectivity index (χ1) is 17.3. The van der Waals surface area contributed by atoms with E-state index in [2.05, 4.69) is 29.4 Å². The average molecular weight is 505 g/mol. The van der Waals surface area contributed by atoms with Crippen molar-refractivity contribution in [3.8, 4) is 0 Å². The maximum absolute atomic E-state index is 12.3. The molecule has 0 unspecified atom stereocenters. The lowest BCUT2D eigenvalue weighted by atomic mass is 9.98. The summed E-state index contributed by atoms with van der Waals surface area (Å²) in [5.74, 6) is 0. The highest BCUT2D eigenvalue weighted by Crippen LogP contribution is 2.29. The molecule has 36 heavy (non-hydrogen) atoms. The van der Waals surface area contributed by atoms with Crippen LogP contribution in [-0.4, -0.2) is 46.7 Å². The normalized spacial score (nSPS) is 19.4. The van der Waals surface area contributed by atoms with Gasteiger partial charge in [0.25, 0.3) is 0 Å². The molecule has 6 nitrogen and oxygen atoms in total. The zero-order valence-electron chi connectivity index (χ0n) is 23.3. The molecule has 6 heteroatoms. The summed E-state index contributed by atoms with van der Waals surface area (Å²) in [6, 6.07) is 10.1. The summed E-state index contributed by atoms with van der Waals surface area (Å²) in [5.41, 5.74) is 0.611. The van der Waals surface area contributed by atoms with Gasteiger partial charge in [-0.05, 0) is 39.2 Å². The lowest BCUT2D eigenvalue weighted by Gasteiger charge is -2.26. The van der Waals surface area contributed by atoms with Gasteiger partial charge in [-0.15, -0.1) is 0 Å². The number of unbranched alkanes of at least 4 members (excludes halogenated alkanes) is 10. The molecular formula is C30H52N2O4. The van der Waals surface area contributed by atoms with Crippen LogP contribution >= 0.6 is 0 Å². The second kappa shape index (κ2) is 17.0. The summed E-state index contributed by atoms with van der Waals surface area (Å²) in [6.07, 6.45) is 15.7. The van der Waals surface area contributed by atoms with Crippen LogP contribution in [0.4, 0.5) is 4.79 Å². The van der Waals surface area contributed by atoms with Gasteiger partial charge in [-0.1, -0.05) is 108 Å². The Morgan fingerprint density at radius 2 is 1.61 bits per heavy atom. The van der Waals surface area contributed by atoms with Crippen molar-refractivity contribution in [1.82, 2.24) is 10.4 Å². The molecule has 1 heterocycles. The molecule has 0 aliphatic carbocycles. The van der Waals surface area contributed by atoms with Gasteiger partial charge in [0.05, 0.1) is 12.6 Å². The number of carbonyl (C=O) groups is 1. The minimum Gasteiger partial charge on any atom is -0.444 e. The van der Waals surface area contributed by atoms with E-state index in [1.54, 1.807) is 0 Å². The Kier molecular flexibility index (Phi) is 14.4. The number of hydrogen-bond acceptors (Lipinski definition) is 5. The topological polar surface area (TPSA) is 71.0 Å². The fourth-order valence-electron chi connectivity index (χ4n) is 4.88. The van der Waals surface area contributed by atoms with E-state index >= 15 is 0 Å². The van der Waals surface area contributed by atoms with Crippen LogP contribution < -0.4 is 5.32 Å². The largest absolute Gasteiger partial charge is 0.444 e. The molecular weight excluding hydrogens is 452 g/mol. The lowest BCUT2D eigenvalue weighted by molar-refractivity contribution is -0.178. The van der Waals surface area contributed by atoms with Crippen molar-refractivity contribution in [3.63, 3.8) is 0 Å². The number of nitrogens with one attached hydrogen (secondary N) is 1. The first-order valence-corrected chi connectivity index (χ1v) is 14.4. The number of hydroxylamine groups is 2. The summed E-state index contributed by atoms with van der Waals surface area (Å²) < 4.78 is 5.39. The number of ether oxygens (including phenoxy) is 1. The Bertz CT molecular complexity index is 707. The van der Waals surface area contributed by atoms with Crippen molar-refractivity contribution >= 4 is 6.09 Å². The maximum atomic E-state index is 12.3. The second-order valence-electron chi connectivity index (χ2n) is 11.4. The molecule has 206 valence electrons. The Morgan fingerprint density at radius 3 is 2.17 bits per heavy atom. The Hall–Kier alpha value is -1.63. The fraction of sp³-hybridized carbons (Fsp3) is 0.767.